The molecule has 0 bridgehead atoms. The molecule has 2 amide bonds. The molecule has 7 nitrogen and oxygen atoms in total. The first-order chi connectivity index (χ1) is 15.7. The normalized spacial score (nSPS) is 12.9. The van der Waals surface area contributed by atoms with Crippen LogP contribution in [0.5, 0.6) is 0 Å². The molecule has 2 rings (SSSR count). The molecule has 0 saturated carbocycles. The maximum absolute atomic E-state index is 13.5. The Bertz CT molecular complexity index is 1110. The smallest absolute Gasteiger partial charge is 0.243 e. The number of nitrogens with zero attached hydrogens (tertiary/aromatic N) is 2. The summed E-state index contributed by atoms with van der Waals surface area (Å²) in [5.41, 5.74) is 2.39. The van der Waals surface area contributed by atoms with Gasteiger partial charge in [0, 0.05) is 19.1 Å². The van der Waals surface area contributed by atoms with E-state index in [9.17, 15) is 18.0 Å². The van der Waals surface area contributed by atoms with E-state index in [2.05, 4.69) is 5.32 Å². The average molecular weight is 488 g/mol. The van der Waals surface area contributed by atoms with Crippen molar-refractivity contribution in [3.05, 3.63) is 65.2 Å². The summed E-state index contributed by atoms with van der Waals surface area (Å²) in [6.07, 6.45) is 0.397. The Morgan fingerprint density at radius 1 is 1.00 bits per heavy atom. The second kappa shape index (κ2) is 11.1. The topological polar surface area (TPSA) is 86.8 Å². The third-order valence-corrected chi connectivity index (χ3v) is 7.22. The van der Waals surface area contributed by atoms with E-state index in [1.54, 1.807) is 12.1 Å². The van der Waals surface area contributed by atoms with Gasteiger partial charge in [-0.1, -0.05) is 54.4 Å². The Balaban J connectivity index is 2.35. The highest BCUT2D eigenvalue weighted by Gasteiger charge is 2.33. The van der Waals surface area contributed by atoms with E-state index in [0.29, 0.717) is 6.42 Å². The van der Waals surface area contributed by atoms with E-state index in [0.717, 1.165) is 21.0 Å². The van der Waals surface area contributed by atoms with Gasteiger partial charge in [-0.05, 0) is 58.7 Å². The summed E-state index contributed by atoms with van der Waals surface area (Å²) in [7, 11) is -2.48. The van der Waals surface area contributed by atoms with Crippen molar-refractivity contribution in [2.45, 2.75) is 71.0 Å². The number of sulfonamides is 1. The first kappa shape index (κ1) is 27.5. The molecule has 0 spiro atoms. The molecule has 0 aliphatic heterocycles. The van der Waals surface area contributed by atoms with Crippen LogP contribution in [-0.2, 0) is 26.2 Å². The summed E-state index contributed by atoms with van der Waals surface area (Å²) < 4.78 is 27.1. The fourth-order valence-corrected chi connectivity index (χ4v) is 4.76. The highest BCUT2D eigenvalue weighted by molar-refractivity contribution is 7.89. The highest BCUT2D eigenvalue weighted by atomic mass is 32.2. The van der Waals surface area contributed by atoms with Crippen molar-refractivity contribution >= 4 is 21.8 Å². The lowest BCUT2D eigenvalue weighted by Crippen LogP contribution is -2.55. The number of amides is 2. The number of carbonyl (C=O) groups is 2. The average Bonchev–Trinajstić information content (AvgIpc) is 2.72. The van der Waals surface area contributed by atoms with Crippen molar-refractivity contribution in [3.63, 3.8) is 0 Å². The van der Waals surface area contributed by atoms with Crippen LogP contribution in [0, 0.1) is 13.8 Å². The molecule has 0 unspecified atom stereocenters. The summed E-state index contributed by atoms with van der Waals surface area (Å²) in [6, 6.07) is 13.5. The van der Waals surface area contributed by atoms with Gasteiger partial charge in [0.1, 0.15) is 6.04 Å². The zero-order valence-corrected chi connectivity index (χ0v) is 22.1. The molecule has 34 heavy (non-hydrogen) atoms. The predicted octanol–water partition coefficient (Wildman–Crippen LogP) is 3.65. The van der Waals surface area contributed by atoms with Gasteiger partial charge >= 0.3 is 0 Å². The molecule has 1 atom stereocenters. The highest BCUT2D eigenvalue weighted by Crippen LogP contribution is 2.18. The fraction of sp³-hybridized carbons (Fsp3) is 0.462. The number of hydrogen-bond donors (Lipinski definition) is 1. The minimum absolute atomic E-state index is 0.121. The SMILES string of the molecule is CC[C@H](C(=O)NC(C)(C)C)N(Cc1cccc(C)c1)C(=O)CN(C)S(=O)(=O)c1ccc(C)cc1. The van der Waals surface area contributed by atoms with Crippen molar-refractivity contribution in [3.8, 4) is 0 Å². The molecule has 0 fully saturated rings. The van der Waals surface area contributed by atoms with Gasteiger partial charge in [0.05, 0.1) is 11.4 Å². The first-order valence-corrected chi connectivity index (χ1v) is 12.9. The van der Waals surface area contributed by atoms with Gasteiger partial charge in [0.2, 0.25) is 21.8 Å². The second-order valence-corrected chi connectivity index (χ2v) is 11.8. The molecule has 1 N–H and O–H groups in total. The summed E-state index contributed by atoms with van der Waals surface area (Å²) >= 11 is 0. The van der Waals surface area contributed by atoms with Gasteiger partial charge in [-0.3, -0.25) is 9.59 Å². The molecular formula is C26H37N3O4S. The number of carbonyl (C=O) groups excluding carboxylic acids is 2. The molecule has 0 saturated heterocycles. The Hall–Kier alpha value is -2.71. The lowest BCUT2D eigenvalue weighted by atomic mass is 10.0. The lowest BCUT2D eigenvalue weighted by molar-refractivity contribution is -0.142. The van der Waals surface area contributed by atoms with Crippen molar-refractivity contribution < 1.29 is 18.0 Å². The third-order valence-electron chi connectivity index (χ3n) is 5.41. The number of likely N-dealkylation sites (N-methyl/N-ethyl adjacent to an activating group) is 1. The maximum Gasteiger partial charge on any atom is 0.243 e. The Labute approximate surface area is 204 Å². The van der Waals surface area contributed by atoms with Crippen molar-refractivity contribution in [1.82, 2.24) is 14.5 Å². The van der Waals surface area contributed by atoms with Crippen LogP contribution < -0.4 is 5.32 Å². The number of aryl methyl sites for hydroxylation is 2. The molecule has 0 aromatic heterocycles. The standard InChI is InChI=1S/C26H37N3O4S/c1-8-23(25(31)27-26(4,5)6)29(17-21-11-9-10-20(3)16-21)24(30)18-28(7)34(32,33)22-14-12-19(2)13-15-22/h9-16,23H,8,17-18H2,1-7H3,(H,27,31)/t23-/m1/s1. The van der Waals surface area contributed by atoms with Crippen LogP contribution >= 0.6 is 0 Å². The number of hydrogen-bond acceptors (Lipinski definition) is 4. The van der Waals surface area contributed by atoms with E-state index in [4.69, 9.17) is 0 Å². The largest absolute Gasteiger partial charge is 0.350 e. The monoisotopic (exact) mass is 487 g/mol. The second-order valence-electron chi connectivity index (χ2n) is 9.75. The van der Waals surface area contributed by atoms with Crippen molar-refractivity contribution in [1.29, 1.82) is 0 Å². The quantitative estimate of drug-likeness (QED) is 0.585. The van der Waals surface area contributed by atoms with Gasteiger partial charge in [-0.2, -0.15) is 4.31 Å². The molecule has 0 aliphatic carbocycles. The van der Waals surface area contributed by atoms with E-state index < -0.39 is 27.5 Å². The molecule has 2 aromatic rings. The maximum atomic E-state index is 13.5. The van der Waals surface area contributed by atoms with Crippen molar-refractivity contribution in [2.75, 3.05) is 13.6 Å². The molecule has 0 radical (unpaired) electrons. The zero-order valence-electron chi connectivity index (χ0n) is 21.3. The van der Waals surface area contributed by atoms with Crippen LogP contribution in [0.2, 0.25) is 0 Å². The van der Waals surface area contributed by atoms with Gasteiger partial charge in [-0.25, -0.2) is 8.42 Å². The van der Waals surface area contributed by atoms with Crippen LogP contribution in [0.3, 0.4) is 0 Å². The zero-order chi connectivity index (χ0) is 25.7. The van der Waals surface area contributed by atoms with Crippen LogP contribution in [0.1, 0.15) is 50.8 Å². The minimum Gasteiger partial charge on any atom is -0.350 e. The molecule has 2 aromatic carbocycles. The first-order valence-electron chi connectivity index (χ1n) is 11.4. The number of nitrogens with one attached hydrogen (secondary N) is 1. The van der Waals surface area contributed by atoms with Crippen LogP contribution in [0.15, 0.2) is 53.4 Å². The Morgan fingerprint density at radius 3 is 2.15 bits per heavy atom. The summed E-state index contributed by atoms with van der Waals surface area (Å²) in [5, 5.41) is 2.95. The van der Waals surface area contributed by atoms with E-state index in [-0.39, 0.29) is 23.9 Å². The summed E-state index contributed by atoms with van der Waals surface area (Å²) in [5.74, 6) is -0.698. The molecule has 0 aliphatic rings. The minimum atomic E-state index is -3.86. The van der Waals surface area contributed by atoms with Crippen LogP contribution in [-0.4, -0.2) is 54.6 Å². The lowest BCUT2D eigenvalue weighted by Gasteiger charge is -2.34. The molecular weight excluding hydrogens is 450 g/mol. The summed E-state index contributed by atoms with van der Waals surface area (Å²) in [6.45, 7) is 11.2. The predicted molar refractivity (Wildman–Crippen MR) is 135 cm³/mol. The number of rotatable bonds is 9. The Morgan fingerprint density at radius 2 is 1.62 bits per heavy atom. The fourth-order valence-electron chi connectivity index (χ4n) is 3.64. The van der Waals surface area contributed by atoms with Gasteiger partial charge in [0.25, 0.3) is 0 Å². The Kier molecular flexibility index (Phi) is 9.02. The molecule has 8 heteroatoms. The van der Waals surface area contributed by atoms with Crippen LogP contribution in [0.25, 0.3) is 0 Å². The van der Waals surface area contributed by atoms with E-state index in [1.165, 1.54) is 24.1 Å². The summed E-state index contributed by atoms with van der Waals surface area (Å²) in [4.78, 5) is 28.2. The van der Waals surface area contributed by atoms with Gasteiger partial charge < -0.3 is 10.2 Å². The third kappa shape index (κ3) is 7.40. The molecule has 0 heterocycles. The van der Waals surface area contributed by atoms with E-state index in [1.807, 2.05) is 65.8 Å². The van der Waals surface area contributed by atoms with Crippen molar-refractivity contribution in [2.24, 2.45) is 0 Å². The van der Waals surface area contributed by atoms with Gasteiger partial charge in [-0.15, -0.1) is 0 Å². The van der Waals surface area contributed by atoms with E-state index >= 15 is 0 Å². The molecule has 186 valence electrons. The number of benzene rings is 2. The van der Waals surface area contributed by atoms with Crippen LogP contribution in [0.4, 0.5) is 0 Å². The van der Waals surface area contributed by atoms with Gasteiger partial charge in [0.15, 0.2) is 0 Å².